The second-order valence-corrected chi connectivity index (χ2v) is 6.85. The van der Waals surface area contributed by atoms with Gasteiger partial charge in [-0.2, -0.15) is 0 Å². The standard InChI is InChI=1S/C16H23N5O2S/c1-5-23-13-9-7-6-8-12(13)18-15(22)11(4)24-16-20-19-14(10(2)3)21(16)17/h6-11H,5,17H2,1-4H3,(H,18,22)/t11-/m1/s1. The minimum Gasteiger partial charge on any atom is -0.492 e. The van der Waals surface area contributed by atoms with Crippen LogP contribution in [0.2, 0.25) is 0 Å². The molecule has 0 aliphatic rings. The van der Waals surface area contributed by atoms with Crippen molar-refractivity contribution in [3.05, 3.63) is 30.1 Å². The maximum Gasteiger partial charge on any atom is 0.237 e. The highest BCUT2D eigenvalue weighted by Crippen LogP contribution is 2.27. The lowest BCUT2D eigenvalue weighted by Crippen LogP contribution is -2.24. The molecule has 0 spiro atoms. The maximum atomic E-state index is 12.4. The van der Waals surface area contributed by atoms with Crippen molar-refractivity contribution in [2.75, 3.05) is 17.8 Å². The van der Waals surface area contributed by atoms with E-state index in [2.05, 4.69) is 15.5 Å². The zero-order valence-corrected chi connectivity index (χ0v) is 15.1. The third-order valence-electron chi connectivity index (χ3n) is 3.30. The van der Waals surface area contributed by atoms with E-state index in [0.29, 0.717) is 29.0 Å². The Bertz CT molecular complexity index is 702. The van der Waals surface area contributed by atoms with Crippen molar-refractivity contribution < 1.29 is 9.53 Å². The Balaban J connectivity index is 2.05. The van der Waals surface area contributed by atoms with Gasteiger partial charge in [-0.15, -0.1) is 10.2 Å². The van der Waals surface area contributed by atoms with Crippen LogP contribution in [0.4, 0.5) is 5.69 Å². The summed E-state index contributed by atoms with van der Waals surface area (Å²) in [6.07, 6.45) is 0. The number of nitrogens with one attached hydrogen (secondary N) is 1. The number of nitrogens with two attached hydrogens (primary N) is 1. The Morgan fingerprint density at radius 1 is 1.33 bits per heavy atom. The molecule has 1 heterocycles. The summed E-state index contributed by atoms with van der Waals surface area (Å²) < 4.78 is 6.95. The molecule has 8 heteroatoms. The lowest BCUT2D eigenvalue weighted by Gasteiger charge is -2.14. The van der Waals surface area contributed by atoms with Crippen molar-refractivity contribution in [2.24, 2.45) is 0 Å². The van der Waals surface area contributed by atoms with Gasteiger partial charge in [-0.05, 0) is 26.0 Å². The number of benzene rings is 1. The molecule has 24 heavy (non-hydrogen) atoms. The van der Waals surface area contributed by atoms with E-state index >= 15 is 0 Å². The Kier molecular flexibility index (Phi) is 6.08. The van der Waals surface area contributed by atoms with Gasteiger partial charge in [0.15, 0.2) is 5.82 Å². The summed E-state index contributed by atoms with van der Waals surface area (Å²) in [6.45, 7) is 8.21. The Hall–Kier alpha value is -2.22. The zero-order chi connectivity index (χ0) is 17.7. The number of amides is 1. The van der Waals surface area contributed by atoms with Gasteiger partial charge < -0.3 is 15.9 Å². The highest BCUT2D eigenvalue weighted by Gasteiger charge is 2.21. The fraction of sp³-hybridized carbons (Fsp3) is 0.438. The van der Waals surface area contributed by atoms with Crippen molar-refractivity contribution in [2.45, 2.75) is 44.0 Å². The van der Waals surface area contributed by atoms with Crippen LogP contribution in [-0.2, 0) is 4.79 Å². The number of nitrogens with zero attached hydrogens (tertiary/aromatic N) is 3. The van der Waals surface area contributed by atoms with Crippen LogP contribution in [0.1, 0.15) is 39.4 Å². The number of nitrogen functional groups attached to an aromatic ring is 1. The molecule has 1 atom stereocenters. The molecule has 7 nitrogen and oxygen atoms in total. The summed E-state index contributed by atoms with van der Waals surface area (Å²) in [6, 6.07) is 7.34. The first-order valence-electron chi connectivity index (χ1n) is 7.83. The molecule has 0 saturated heterocycles. The molecule has 2 rings (SSSR count). The van der Waals surface area contributed by atoms with Gasteiger partial charge in [-0.3, -0.25) is 4.79 Å². The smallest absolute Gasteiger partial charge is 0.237 e. The summed E-state index contributed by atoms with van der Waals surface area (Å²) in [5.74, 6) is 7.34. The number of ether oxygens (including phenoxy) is 1. The normalized spacial score (nSPS) is 12.2. The van der Waals surface area contributed by atoms with Gasteiger partial charge in [0, 0.05) is 5.92 Å². The van der Waals surface area contributed by atoms with Crippen LogP contribution in [0.3, 0.4) is 0 Å². The quantitative estimate of drug-likeness (QED) is 0.589. The summed E-state index contributed by atoms with van der Waals surface area (Å²) >= 11 is 1.27. The lowest BCUT2D eigenvalue weighted by atomic mass is 10.2. The highest BCUT2D eigenvalue weighted by atomic mass is 32.2. The van der Waals surface area contributed by atoms with E-state index in [1.54, 1.807) is 6.92 Å². The fourth-order valence-corrected chi connectivity index (χ4v) is 2.84. The first-order valence-corrected chi connectivity index (χ1v) is 8.71. The van der Waals surface area contributed by atoms with Gasteiger partial charge in [0.25, 0.3) is 0 Å². The molecule has 0 aliphatic heterocycles. The summed E-state index contributed by atoms with van der Waals surface area (Å²) in [4.78, 5) is 12.4. The third-order valence-corrected chi connectivity index (χ3v) is 4.36. The predicted octanol–water partition coefficient (Wildman–Crippen LogP) is 2.63. The molecule has 1 amide bonds. The minimum absolute atomic E-state index is 0.152. The van der Waals surface area contributed by atoms with E-state index in [1.807, 2.05) is 45.0 Å². The lowest BCUT2D eigenvalue weighted by molar-refractivity contribution is -0.115. The van der Waals surface area contributed by atoms with Gasteiger partial charge in [0.05, 0.1) is 17.5 Å². The average molecular weight is 349 g/mol. The van der Waals surface area contributed by atoms with E-state index in [9.17, 15) is 4.79 Å². The van der Waals surface area contributed by atoms with Crippen LogP contribution in [0.5, 0.6) is 5.75 Å². The Morgan fingerprint density at radius 2 is 2.04 bits per heavy atom. The van der Waals surface area contributed by atoms with Gasteiger partial charge >= 0.3 is 0 Å². The topological polar surface area (TPSA) is 95.1 Å². The SMILES string of the molecule is CCOc1ccccc1NC(=O)[C@@H](C)Sc1nnc(C(C)C)n1N. The molecule has 0 saturated carbocycles. The van der Waals surface area contributed by atoms with Crippen molar-refractivity contribution in [3.8, 4) is 5.75 Å². The van der Waals surface area contributed by atoms with Crippen LogP contribution in [0.15, 0.2) is 29.4 Å². The monoisotopic (exact) mass is 349 g/mol. The van der Waals surface area contributed by atoms with Crippen LogP contribution in [-0.4, -0.2) is 32.6 Å². The number of carbonyl (C=O) groups excluding carboxylic acids is 1. The fourth-order valence-electron chi connectivity index (χ4n) is 2.06. The predicted molar refractivity (Wildman–Crippen MR) is 95.8 cm³/mol. The first kappa shape index (κ1) is 18.1. The number of thioether (sulfide) groups is 1. The van der Waals surface area contributed by atoms with Crippen LogP contribution < -0.4 is 15.9 Å². The van der Waals surface area contributed by atoms with E-state index in [1.165, 1.54) is 16.4 Å². The molecule has 2 aromatic rings. The number of hydrogen-bond donors (Lipinski definition) is 2. The highest BCUT2D eigenvalue weighted by molar-refractivity contribution is 8.00. The Morgan fingerprint density at radius 3 is 2.67 bits per heavy atom. The minimum atomic E-state index is -0.383. The third kappa shape index (κ3) is 4.19. The van der Waals surface area contributed by atoms with Crippen molar-refractivity contribution >= 4 is 23.4 Å². The van der Waals surface area contributed by atoms with Crippen LogP contribution in [0, 0.1) is 0 Å². The molecule has 0 bridgehead atoms. The second kappa shape index (κ2) is 8.05. The molecule has 0 radical (unpaired) electrons. The zero-order valence-electron chi connectivity index (χ0n) is 14.3. The molecular formula is C16H23N5O2S. The van der Waals surface area contributed by atoms with Gasteiger partial charge in [-0.1, -0.05) is 37.7 Å². The number of carbonyl (C=O) groups is 1. The number of hydrogen-bond acceptors (Lipinski definition) is 6. The number of para-hydroxylation sites is 2. The Labute approximate surface area is 145 Å². The average Bonchev–Trinajstić information content (AvgIpc) is 2.90. The molecule has 130 valence electrons. The summed E-state index contributed by atoms with van der Waals surface area (Å²) in [7, 11) is 0. The molecule has 0 aliphatic carbocycles. The number of aromatic nitrogens is 3. The maximum absolute atomic E-state index is 12.4. The van der Waals surface area contributed by atoms with E-state index in [4.69, 9.17) is 10.6 Å². The van der Waals surface area contributed by atoms with E-state index in [0.717, 1.165) is 0 Å². The van der Waals surface area contributed by atoms with Gasteiger partial charge in [0.1, 0.15) is 5.75 Å². The van der Waals surface area contributed by atoms with Crippen molar-refractivity contribution in [3.63, 3.8) is 0 Å². The molecule has 3 N–H and O–H groups in total. The number of anilines is 1. The molecule has 0 unspecified atom stereocenters. The number of rotatable bonds is 7. The molecule has 1 aromatic heterocycles. The van der Waals surface area contributed by atoms with Crippen LogP contribution in [0.25, 0.3) is 0 Å². The summed E-state index contributed by atoms with van der Waals surface area (Å²) in [5, 5.41) is 11.1. The van der Waals surface area contributed by atoms with E-state index in [-0.39, 0.29) is 17.1 Å². The second-order valence-electron chi connectivity index (χ2n) is 5.54. The first-order chi connectivity index (χ1) is 11.4. The molecular weight excluding hydrogens is 326 g/mol. The van der Waals surface area contributed by atoms with Crippen LogP contribution >= 0.6 is 11.8 Å². The molecule has 1 aromatic carbocycles. The van der Waals surface area contributed by atoms with Crippen molar-refractivity contribution in [1.82, 2.24) is 14.9 Å². The van der Waals surface area contributed by atoms with Gasteiger partial charge in [0.2, 0.25) is 11.1 Å². The van der Waals surface area contributed by atoms with Crippen molar-refractivity contribution in [1.29, 1.82) is 0 Å². The summed E-state index contributed by atoms with van der Waals surface area (Å²) in [5.41, 5.74) is 0.647. The van der Waals surface area contributed by atoms with Gasteiger partial charge in [-0.25, -0.2) is 4.68 Å². The molecule has 0 fully saturated rings. The largest absolute Gasteiger partial charge is 0.492 e. The van der Waals surface area contributed by atoms with E-state index < -0.39 is 0 Å².